The van der Waals surface area contributed by atoms with E-state index in [1.54, 1.807) is 0 Å². The molecule has 1 heterocycles. The lowest BCUT2D eigenvalue weighted by Crippen LogP contribution is -2.46. The lowest BCUT2D eigenvalue weighted by Gasteiger charge is -2.40. The first-order valence-corrected chi connectivity index (χ1v) is 8.04. The van der Waals surface area contributed by atoms with Crippen molar-refractivity contribution in [2.24, 2.45) is 5.92 Å². The summed E-state index contributed by atoms with van der Waals surface area (Å²) in [4.78, 5) is 2.78. The fourth-order valence-electron chi connectivity index (χ4n) is 3.42. The molecule has 1 aliphatic heterocycles. The van der Waals surface area contributed by atoms with Gasteiger partial charge in [-0.25, -0.2) is 0 Å². The highest BCUT2D eigenvalue weighted by molar-refractivity contribution is 4.82. The van der Waals surface area contributed by atoms with Crippen molar-refractivity contribution in [2.45, 2.75) is 77.3 Å². The average Bonchev–Trinajstić information content (AvgIpc) is 2.37. The molecule has 1 saturated heterocycles. The first-order valence-electron chi connectivity index (χ1n) is 8.04. The predicted octanol–water partition coefficient (Wildman–Crippen LogP) is 3.42. The second-order valence-corrected chi connectivity index (χ2v) is 7.40. The Morgan fingerprint density at radius 1 is 0.944 bits per heavy atom. The van der Waals surface area contributed by atoms with Crippen LogP contribution in [0.2, 0.25) is 0 Å². The number of hydrogen-bond acceptors (Lipinski definition) is 2. The fourth-order valence-corrected chi connectivity index (χ4v) is 3.42. The molecule has 0 aromatic heterocycles. The number of rotatable bonds is 3. The second kappa shape index (κ2) is 6.38. The van der Waals surface area contributed by atoms with Gasteiger partial charge in [0.15, 0.2) is 0 Å². The SMILES string of the molecule is CC(C)(C)NCC1CCN(C2CCCCC2)CC1. The third kappa shape index (κ3) is 4.55. The topological polar surface area (TPSA) is 15.3 Å². The van der Waals surface area contributed by atoms with Crippen LogP contribution in [0.15, 0.2) is 0 Å². The van der Waals surface area contributed by atoms with E-state index in [1.807, 2.05) is 0 Å². The molecule has 18 heavy (non-hydrogen) atoms. The molecule has 0 spiro atoms. The summed E-state index contributed by atoms with van der Waals surface area (Å²) in [5, 5.41) is 3.67. The summed E-state index contributed by atoms with van der Waals surface area (Å²) in [6.07, 6.45) is 10.1. The summed E-state index contributed by atoms with van der Waals surface area (Å²) in [6, 6.07) is 0.926. The summed E-state index contributed by atoms with van der Waals surface area (Å²) in [5.74, 6) is 0.907. The van der Waals surface area contributed by atoms with Gasteiger partial charge in [-0.1, -0.05) is 19.3 Å². The van der Waals surface area contributed by atoms with E-state index in [0.717, 1.165) is 12.0 Å². The maximum absolute atomic E-state index is 3.67. The van der Waals surface area contributed by atoms with Crippen molar-refractivity contribution >= 4 is 0 Å². The summed E-state index contributed by atoms with van der Waals surface area (Å²) in [6.45, 7) is 10.7. The van der Waals surface area contributed by atoms with Crippen LogP contribution in [-0.2, 0) is 0 Å². The molecule has 0 unspecified atom stereocenters. The molecule has 1 aliphatic carbocycles. The Hall–Kier alpha value is -0.0800. The van der Waals surface area contributed by atoms with E-state index in [-0.39, 0.29) is 5.54 Å². The maximum Gasteiger partial charge on any atom is 0.00966 e. The molecule has 0 amide bonds. The third-order valence-electron chi connectivity index (χ3n) is 4.66. The van der Waals surface area contributed by atoms with Gasteiger partial charge < -0.3 is 10.2 Å². The first kappa shape index (κ1) is 14.3. The Labute approximate surface area is 114 Å². The Morgan fingerprint density at radius 3 is 2.11 bits per heavy atom. The number of piperidine rings is 1. The van der Waals surface area contributed by atoms with Crippen molar-refractivity contribution in [1.29, 1.82) is 0 Å². The van der Waals surface area contributed by atoms with Gasteiger partial charge in [0, 0.05) is 11.6 Å². The summed E-state index contributed by atoms with van der Waals surface area (Å²) < 4.78 is 0. The molecule has 1 saturated carbocycles. The van der Waals surface area contributed by atoms with Crippen molar-refractivity contribution in [3.63, 3.8) is 0 Å². The van der Waals surface area contributed by atoms with Crippen LogP contribution in [0, 0.1) is 5.92 Å². The first-order chi connectivity index (χ1) is 8.54. The molecule has 0 radical (unpaired) electrons. The van der Waals surface area contributed by atoms with Gasteiger partial charge in [-0.3, -0.25) is 0 Å². The summed E-state index contributed by atoms with van der Waals surface area (Å²) in [5.41, 5.74) is 0.278. The van der Waals surface area contributed by atoms with E-state index in [0.29, 0.717) is 0 Å². The molecule has 1 N–H and O–H groups in total. The van der Waals surface area contributed by atoms with Crippen LogP contribution < -0.4 is 5.32 Å². The molecule has 2 fully saturated rings. The van der Waals surface area contributed by atoms with Crippen molar-refractivity contribution in [3.05, 3.63) is 0 Å². The van der Waals surface area contributed by atoms with Crippen molar-refractivity contribution < 1.29 is 0 Å². The van der Waals surface area contributed by atoms with E-state index >= 15 is 0 Å². The largest absolute Gasteiger partial charge is 0.312 e. The molecule has 106 valence electrons. The van der Waals surface area contributed by atoms with Crippen LogP contribution in [0.4, 0.5) is 0 Å². The number of likely N-dealkylation sites (tertiary alicyclic amines) is 1. The van der Waals surface area contributed by atoms with Crippen LogP contribution >= 0.6 is 0 Å². The Morgan fingerprint density at radius 2 is 1.56 bits per heavy atom. The van der Waals surface area contributed by atoms with E-state index in [2.05, 4.69) is 31.0 Å². The summed E-state index contributed by atoms with van der Waals surface area (Å²) >= 11 is 0. The fraction of sp³-hybridized carbons (Fsp3) is 1.00. The normalized spacial score (nSPS) is 25.5. The van der Waals surface area contributed by atoms with E-state index < -0.39 is 0 Å². The number of nitrogens with one attached hydrogen (secondary N) is 1. The zero-order chi connectivity index (χ0) is 13.0. The quantitative estimate of drug-likeness (QED) is 0.828. The minimum Gasteiger partial charge on any atom is -0.312 e. The lowest BCUT2D eigenvalue weighted by atomic mass is 9.90. The predicted molar refractivity (Wildman–Crippen MR) is 78.9 cm³/mol. The molecule has 0 atom stereocenters. The van der Waals surface area contributed by atoms with Gasteiger partial charge in [0.2, 0.25) is 0 Å². The second-order valence-electron chi connectivity index (χ2n) is 7.40. The van der Waals surface area contributed by atoms with Gasteiger partial charge in [-0.2, -0.15) is 0 Å². The molecule has 2 heteroatoms. The van der Waals surface area contributed by atoms with Gasteiger partial charge in [0.25, 0.3) is 0 Å². The van der Waals surface area contributed by atoms with E-state index in [4.69, 9.17) is 0 Å². The van der Waals surface area contributed by atoms with Crippen molar-refractivity contribution in [1.82, 2.24) is 10.2 Å². The lowest BCUT2D eigenvalue weighted by molar-refractivity contribution is 0.104. The molecule has 2 aliphatic rings. The third-order valence-corrected chi connectivity index (χ3v) is 4.66. The number of nitrogens with zero attached hydrogens (tertiary/aromatic N) is 1. The molecule has 0 bridgehead atoms. The molecule has 0 aromatic carbocycles. The van der Waals surface area contributed by atoms with Crippen LogP contribution in [0.1, 0.15) is 65.7 Å². The van der Waals surface area contributed by atoms with Gasteiger partial charge in [0.05, 0.1) is 0 Å². The van der Waals surface area contributed by atoms with Gasteiger partial charge in [-0.15, -0.1) is 0 Å². The molecular weight excluding hydrogens is 220 g/mol. The summed E-state index contributed by atoms with van der Waals surface area (Å²) in [7, 11) is 0. The van der Waals surface area contributed by atoms with Crippen molar-refractivity contribution in [2.75, 3.05) is 19.6 Å². The minimum atomic E-state index is 0.278. The zero-order valence-electron chi connectivity index (χ0n) is 12.7. The van der Waals surface area contributed by atoms with E-state index in [1.165, 1.54) is 64.6 Å². The van der Waals surface area contributed by atoms with Crippen LogP contribution in [-0.4, -0.2) is 36.1 Å². The molecule has 2 rings (SSSR count). The maximum atomic E-state index is 3.67. The van der Waals surface area contributed by atoms with E-state index in [9.17, 15) is 0 Å². The van der Waals surface area contributed by atoms with Crippen LogP contribution in [0.25, 0.3) is 0 Å². The Kier molecular flexibility index (Phi) is 5.08. The van der Waals surface area contributed by atoms with Crippen LogP contribution in [0.5, 0.6) is 0 Å². The standard InChI is InChI=1S/C16H32N2/c1-16(2,3)17-13-14-9-11-18(12-10-14)15-7-5-4-6-8-15/h14-15,17H,4-13H2,1-3H3. The smallest absolute Gasteiger partial charge is 0.00966 e. The molecular formula is C16H32N2. The highest BCUT2D eigenvalue weighted by Crippen LogP contribution is 2.27. The van der Waals surface area contributed by atoms with Gasteiger partial charge >= 0.3 is 0 Å². The zero-order valence-corrected chi connectivity index (χ0v) is 12.7. The molecule has 0 aromatic rings. The Bertz CT molecular complexity index is 230. The number of hydrogen-bond donors (Lipinski definition) is 1. The van der Waals surface area contributed by atoms with Gasteiger partial charge in [-0.05, 0) is 72.0 Å². The van der Waals surface area contributed by atoms with Crippen molar-refractivity contribution in [3.8, 4) is 0 Å². The average molecular weight is 252 g/mol. The monoisotopic (exact) mass is 252 g/mol. The van der Waals surface area contributed by atoms with Gasteiger partial charge in [0.1, 0.15) is 0 Å². The van der Waals surface area contributed by atoms with Crippen LogP contribution in [0.3, 0.4) is 0 Å². The highest BCUT2D eigenvalue weighted by Gasteiger charge is 2.26. The minimum absolute atomic E-state index is 0.278. The highest BCUT2D eigenvalue weighted by atomic mass is 15.2. The Balaban J connectivity index is 1.67. The molecule has 2 nitrogen and oxygen atoms in total.